The van der Waals surface area contributed by atoms with Crippen molar-refractivity contribution in [3.05, 3.63) is 65.5 Å². The van der Waals surface area contributed by atoms with E-state index in [1.807, 2.05) is 50.5 Å². The lowest BCUT2D eigenvalue weighted by Crippen LogP contribution is -2.17. The Morgan fingerprint density at radius 2 is 1.83 bits per heavy atom. The van der Waals surface area contributed by atoms with Crippen LogP contribution in [0.1, 0.15) is 21.7 Å². The zero-order chi connectivity index (χ0) is 16.4. The van der Waals surface area contributed by atoms with Gasteiger partial charge in [0, 0.05) is 0 Å². The number of imidazole rings is 1. The van der Waals surface area contributed by atoms with Gasteiger partial charge in [0.25, 0.3) is 0 Å². The van der Waals surface area contributed by atoms with Gasteiger partial charge in [0.2, 0.25) is 0 Å². The van der Waals surface area contributed by atoms with Crippen molar-refractivity contribution in [3.63, 3.8) is 0 Å². The van der Waals surface area contributed by atoms with Crippen LogP contribution in [0.2, 0.25) is 0 Å². The molecule has 5 heteroatoms. The van der Waals surface area contributed by atoms with Crippen LogP contribution in [0.25, 0.3) is 11.0 Å². The smallest absolute Gasteiger partial charge is 0.336 e. The van der Waals surface area contributed by atoms with E-state index in [2.05, 4.69) is 9.47 Å². The quantitative estimate of drug-likeness (QED) is 0.787. The highest BCUT2D eigenvalue weighted by Gasteiger charge is 2.15. The molecular weight excluding hydrogens is 290 g/mol. The zero-order valence-corrected chi connectivity index (χ0v) is 13.2. The van der Waals surface area contributed by atoms with Crippen LogP contribution in [-0.4, -0.2) is 39.6 Å². The number of para-hydroxylation sites is 2. The molecule has 0 saturated carbocycles. The molecule has 2 aromatic carbocycles. The summed E-state index contributed by atoms with van der Waals surface area (Å²) in [6.07, 6.45) is 0. The SMILES string of the molecule is CN(C)Cc1nc2ccccc2n1Cc1ccccc1C(=O)O. The van der Waals surface area contributed by atoms with E-state index in [-0.39, 0.29) is 0 Å². The van der Waals surface area contributed by atoms with Crippen LogP contribution < -0.4 is 0 Å². The highest BCUT2D eigenvalue weighted by Crippen LogP contribution is 2.20. The number of carboxylic acids is 1. The number of carbonyl (C=O) groups is 1. The lowest BCUT2D eigenvalue weighted by atomic mass is 10.1. The Balaban J connectivity index is 2.10. The van der Waals surface area contributed by atoms with E-state index in [1.54, 1.807) is 12.1 Å². The number of fused-ring (bicyclic) bond motifs is 1. The minimum Gasteiger partial charge on any atom is -0.478 e. The lowest BCUT2D eigenvalue weighted by molar-refractivity contribution is 0.0695. The first kappa shape index (κ1) is 15.2. The maximum absolute atomic E-state index is 11.4. The summed E-state index contributed by atoms with van der Waals surface area (Å²) in [5.41, 5.74) is 3.06. The molecule has 0 atom stereocenters. The standard InChI is InChI=1S/C18H19N3O2/c1-20(2)12-17-19-15-9-5-6-10-16(15)21(17)11-13-7-3-4-8-14(13)18(22)23/h3-10H,11-12H2,1-2H3,(H,22,23). The number of benzene rings is 2. The maximum atomic E-state index is 11.4. The van der Waals surface area contributed by atoms with Gasteiger partial charge in [0.05, 0.1) is 29.7 Å². The summed E-state index contributed by atoms with van der Waals surface area (Å²) in [5.74, 6) is 0.0237. The van der Waals surface area contributed by atoms with Crippen molar-refractivity contribution in [3.8, 4) is 0 Å². The fourth-order valence-corrected chi connectivity index (χ4v) is 2.74. The van der Waals surface area contributed by atoms with Gasteiger partial charge in [-0.3, -0.25) is 0 Å². The second-order valence-electron chi connectivity index (χ2n) is 5.80. The number of aromatic nitrogens is 2. The van der Waals surface area contributed by atoms with Crippen molar-refractivity contribution >= 4 is 17.0 Å². The van der Waals surface area contributed by atoms with E-state index in [0.29, 0.717) is 18.7 Å². The normalized spacial score (nSPS) is 11.3. The van der Waals surface area contributed by atoms with Gasteiger partial charge < -0.3 is 14.6 Å². The van der Waals surface area contributed by atoms with E-state index in [4.69, 9.17) is 4.98 Å². The molecule has 0 spiro atoms. The number of nitrogens with zero attached hydrogens (tertiary/aromatic N) is 3. The molecule has 1 aromatic heterocycles. The van der Waals surface area contributed by atoms with Crippen molar-refractivity contribution in [1.82, 2.24) is 14.5 Å². The Morgan fingerprint density at radius 3 is 2.57 bits per heavy atom. The second-order valence-corrected chi connectivity index (χ2v) is 5.80. The third-order valence-corrected chi connectivity index (χ3v) is 3.77. The molecule has 0 aliphatic heterocycles. The summed E-state index contributed by atoms with van der Waals surface area (Å²) in [5, 5.41) is 9.39. The third kappa shape index (κ3) is 3.10. The van der Waals surface area contributed by atoms with Crippen molar-refractivity contribution in [2.24, 2.45) is 0 Å². The van der Waals surface area contributed by atoms with E-state index in [1.165, 1.54) is 0 Å². The molecular formula is C18H19N3O2. The summed E-state index contributed by atoms with van der Waals surface area (Å²) in [4.78, 5) is 18.2. The summed E-state index contributed by atoms with van der Waals surface area (Å²) < 4.78 is 2.09. The molecule has 1 N–H and O–H groups in total. The molecule has 0 radical (unpaired) electrons. The first-order valence-electron chi connectivity index (χ1n) is 7.46. The lowest BCUT2D eigenvalue weighted by Gasteiger charge is -2.14. The van der Waals surface area contributed by atoms with Gasteiger partial charge in [-0.2, -0.15) is 0 Å². The molecule has 118 valence electrons. The maximum Gasteiger partial charge on any atom is 0.336 e. The molecule has 1 heterocycles. The Labute approximate surface area is 134 Å². The zero-order valence-electron chi connectivity index (χ0n) is 13.2. The first-order chi connectivity index (χ1) is 11.1. The molecule has 23 heavy (non-hydrogen) atoms. The Kier molecular flexibility index (Phi) is 4.12. The minimum absolute atomic E-state index is 0.334. The molecule has 3 aromatic rings. The molecule has 0 fully saturated rings. The average Bonchev–Trinajstić information content (AvgIpc) is 2.85. The minimum atomic E-state index is -0.904. The summed E-state index contributed by atoms with van der Waals surface area (Å²) >= 11 is 0. The van der Waals surface area contributed by atoms with Gasteiger partial charge in [-0.25, -0.2) is 9.78 Å². The Bertz CT molecular complexity index is 852. The van der Waals surface area contributed by atoms with Crippen molar-refractivity contribution in [2.45, 2.75) is 13.1 Å². The van der Waals surface area contributed by atoms with Gasteiger partial charge in [-0.05, 0) is 37.9 Å². The van der Waals surface area contributed by atoms with Gasteiger partial charge in [-0.15, -0.1) is 0 Å². The van der Waals surface area contributed by atoms with E-state index >= 15 is 0 Å². The van der Waals surface area contributed by atoms with E-state index in [0.717, 1.165) is 22.4 Å². The second kappa shape index (κ2) is 6.22. The van der Waals surface area contributed by atoms with Crippen LogP contribution >= 0.6 is 0 Å². The number of hydrogen-bond donors (Lipinski definition) is 1. The molecule has 0 unspecified atom stereocenters. The highest BCUT2D eigenvalue weighted by atomic mass is 16.4. The van der Waals surface area contributed by atoms with Gasteiger partial charge in [0.1, 0.15) is 5.82 Å². The molecule has 0 aliphatic rings. The summed E-state index contributed by atoms with van der Waals surface area (Å²) in [6, 6.07) is 15.1. The van der Waals surface area contributed by atoms with Crippen LogP contribution in [0.15, 0.2) is 48.5 Å². The van der Waals surface area contributed by atoms with Crippen LogP contribution in [0.4, 0.5) is 0 Å². The fourth-order valence-electron chi connectivity index (χ4n) is 2.74. The predicted octanol–water partition coefficient (Wildman–Crippen LogP) is 2.84. The molecule has 3 rings (SSSR count). The van der Waals surface area contributed by atoms with Crippen molar-refractivity contribution in [2.75, 3.05) is 14.1 Å². The Hall–Kier alpha value is -2.66. The predicted molar refractivity (Wildman–Crippen MR) is 89.6 cm³/mol. The van der Waals surface area contributed by atoms with Gasteiger partial charge in [0.15, 0.2) is 0 Å². The van der Waals surface area contributed by atoms with Crippen molar-refractivity contribution in [1.29, 1.82) is 0 Å². The average molecular weight is 309 g/mol. The molecule has 0 saturated heterocycles. The highest BCUT2D eigenvalue weighted by molar-refractivity contribution is 5.89. The number of carboxylic acid groups (broad SMARTS) is 1. The largest absolute Gasteiger partial charge is 0.478 e. The monoisotopic (exact) mass is 309 g/mol. The van der Waals surface area contributed by atoms with Crippen LogP contribution in [-0.2, 0) is 13.1 Å². The molecule has 0 amide bonds. The summed E-state index contributed by atoms with van der Waals surface area (Å²) in [7, 11) is 3.99. The fraction of sp³-hybridized carbons (Fsp3) is 0.222. The van der Waals surface area contributed by atoms with Crippen LogP contribution in [0, 0.1) is 0 Å². The molecule has 0 aliphatic carbocycles. The van der Waals surface area contributed by atoms with Gasteiger partial charge >= 0.3 is 5.97 Å². The molecule has 0 bridgehead atoms. The number of hydrogen-bond acceptors (Lipinski definition) is 3. The van der Waals surface area contributed by atoms with E-state index in [9.17, 15) is 9.90 Å². The topological polar surface area (TPSA) is 58.4 Å². The third-order valence-electron chi connectivity index (χ3n) is 3.77. The van der Waals surface area contributed by atoms with Crippen LogP contribution in [0.3, 0.4) is 0 Å². The summed E-state index contributed by atoms with van der Waals surface area (Å²) in [6.45, 7) is 1.19. The van der Waals surface area contributed by atoms with Crippen LogP contribution in [0.5, 0.6) is 0 Å². The first-order valence-corrected chi connectivity index (χ1v) is 7.46. The Morgan fingerprint density at radius 1 is 1.13 bits per heavy atom. The van der Waals surface area contributed by atoms with Gasteiger partial charge in [-0.1, -0.05) is 30.3 Å². The van der Waals surface area contributed by atoms with Crippen molar-refractivity contribution < 1.29 is 9.90 Å². The number of rotatable bonds is 5. The van der Waals surface area contributed by atoms with E-state index < -0.39 is 5.97 Å². The molecule has 5 nitrogen and oxygen atoms in total. The number of aromatic carboxylic acids is 1.